The van der Waals surface area contributed by atoms with Gasteiger partial charge in [-0.25, -0.2) is 44.9 Å². The molecular formula is C38H65N11. The van der Waals surface area contributed by atoms with Crippen LogP contribution < -0.4 is 0 Å². The van der Waals surface area contributed by atoms with Crippen molar-refractivity contribution in [3.63, 3.8) is 0 Å². The number of nitrogens with zero attached hydrogens (tertiary/aromatic N) is 11. The van der Waals surface area contributed by atoms with Crippen molar-refractivity contribution in [3.05, 3.63) is 113 Å². The van der Waals surface area contributed by atoms with Crippen molar-refractivity contribution >= 4 is 0 Å². The van der Waals surface area contributed by atoms with Gasteiger partial charge in [-0.15, -0.1) is 0 Å². The number of hydrogen-bond acceptors (Lipinski definition) is 11. The molecule has 5 aromatic heterocycles. The number of aromatic nitrogens is 11. The van der Waals surface area contributed by atoms with Crippen molar-refractivity contribution in [2.75, 3.05) is 0 Å². The molecule has 0 spiro atoms. The Bertz CT molecular complexity index is 1180. The molecule has 0 N–H and O–H groups in total. The second kappa shape index (κ2) is 34.7. The Morgan fingerprint density at radius 2 is 0.653 bits per heavy atom. The SMILES string of the molecule is CC.CC.CC.CC.Cc1cc(C)ncn1.Cc1ccnc(C)n1.Cc1ccnc(C)n1.Cc1cncc(C)n1.Cc1nc(C)nc(C)n1. The summed E-state index contributed by atoms with van der Waals surface area (Å²) in [7, 11) is 0. The van der Waals surface area contributed by atoms with Crippen LogP contribution in [0.3, 0.4) is 0 Å². The van der Waals surface area contributed by atoms with Crippen molar-refractivity contribution in [2.45, 2.75) is 132 Å². The third kappa shape index (κ3) is 33.0. The molecule has 0 radical (unpaired) electrons. The van der Waals surface area contributed by atoms with E-state index in [1.807, 2.05) is 150 Å². The van der Waals surface area contributed by atoms with Gasteiger partial charge in [-0.1, -0.05) is 55.4 Å². The summed E-state index contributed by atoms with van der Waals surface area (Å²) in [5.74, 6) is 4.05. The lowest BCUT2D eigenvalue weighted by molar-refractivity contribution is 0.875. The molecule has 0 aromatic carbocycles. The fraction of sp³-hybridized carbons (Fsp3) is 0.500. The first-order valence-electron chi connectivity index (χ1n) is 17.0. The van der Waals surface area contributed by atoms with Crippen LogP contribution in [-0.4, -0.2) is 54.8 Å². The van der Waals surface area contributed by atoms with Crippen LogP contribution in [0.2, 0.25) is 0 Å². The van der Waals surface area contributed by atoms with Gasteiger partial charge in [0.1, 0.15) is 35.4 Å². The molecule has 272 valence electrons. The summed E-state index contributed by atoms with van der Waals surface area (Å²) in [6.07, 6.45) is 8.58. The molecule has 0 saturated carbocycles. The fourth-order valence-electron chi connectivity index (χ4n) is 3.10. The van der Waals surface area contributed by atoms with Gasteiger partial charge in [0.15, 0.2) is 0 Å². The standard InChI is InChI=1S/C6H9N3.4C6H8N2.4C2H6/c1-4-7-5(2)9-6(3)8-4;1-5-3-7-4-6(2)8-5;1-5-3-6(2)8-4-7-5;2*1-5-3-4-7-6(2)8-5;4*1-2/h1-3H3;4*3-4H,1-2H3;4*1-2H3. The van der Waals surface area contributed by atoms with Gasteiger partial charge in [0, 0.05) is 47.6 Å². The lowest BCUT2D eigenvalue weighted by Crippen LogP contribution is -1.97. The number of hydrogen-bond donors (Lipinski definition) is 0. The lowest BCUT2D eigenvalue weighted by atomic mass is 10.4. The molecule has 0 unspecified atom stereocenters. The molecule has 0 atom stereocenters. The average molecular weight is 676 g/mol. The van der Waals surface area contributed by atoms with Crippen LogP contribution in [0.5, 0.6) is 0 Å². The molecule has 11 heteroatoms. The minimum absolute atomic E-state index is 0.792. The van der Waals surface area contributed by atoms with Gasteiger partial charge in [0.2, 0.25) is 0 Å². The van der Waals surface area contributed by atoms with E-state index in [0.29, 0.717) is 0 Å². The zero-order chi connectivity index (χ0) is 38.8. The zero-order valence-electron chi connectivity index (χ0n) is 34.0. The number of rotatable bonds is 0. The fourth-order valence-corrected chi connectivity index (χ4v) is 3.10. The predicted molar refractivity (Wildman–Crippen MR) is 205 cm³/mol. The Morgan fingerprint density at radius 3 is 0.837 bits per heavy atom. The van der Waals surface area contributed by atoms with E-state index >= 15 is 0 Å². The Morgan fingerprint density at radius 1 is 0.327 bits per heavy atom. The molecule has 11 nitrogen and oxygen atoms in total. The van der Waals surface area contributed by atoms with Gasteiger partial charge in [-0.3, -0.25) is 9.97 Å². The van der Waals surface area contributed by atoms with Gasteiger partial charge in [0.25, 0.3) is 0 Å². The highest BCUT2D eigenvalue weighted by Crippen LogP contribution is 1.93. The quantitative estimate of drug-likeness (QED) is 0.155. The maximum absolute atomic E-state index is 4.11. The molecule has 5 aromatic rings. The lowest BCUT2D eigenvalue weighted by Gasteiger charge is -1.94. The molecule has 5 heterocycles. The highest BCUT2D eigenvalue weighted by Gasteiger charge is 1.92. The van der Waals surface area contributed by atoms with Crippen molar-refractivity contribution in [1.29, 1.82) is 0 Å². The summed E-state index contributed by atoms with van der Waals surface area (Å²) in [5.41, 5.74) is 6.06. The molecule has 0 amide bonds. The molecule has 0 aliphatic rings. The molecule has 0 aliphatic heterocycles. The summed E-state index contributed by atoms with van der Waals surface area (Å²) in [6.45, 7) is 37.0. The predicted octanol–water partition coefficient (Wildman–Crippen LogP) is 9.28. The maximum Gasteiger partial charge on any atom is 0.129 e. The van der Waals surface area contributed by atoms with Crippen molar-refractivity contribution in [1.82, 2.24) is 54.8 Å². The van der Waals surface area contributed by atoms with E-state index in [4.69, 9.17) is 0 Å². The summed E-state index contributed by atoms with van der Waals surface area (Å²) in [6, 6.07) is 5.71. The minimum Gasteiger partial charge on any atom is -0.261 e. The average Bonchev–Trinajstić information content (AvgIpc) is 3.05. The van der Waals surface area contributed by atoms with Crippen LogP contribution in [0.1, 0.15) is 119 Å². The van der Waals surface area contributed by atoms with Gasteiger partial charge in [-0.2, -0.15) is 0 Å². The van der Waals surface area contributed by atoms with Crippen LogP contribution in [0.15, 0.2) is 49.3 Å². The van der Waals surface area contributed by atoms with Crippen LogP contribution in [0.4, 0.5) is 0 Å². The monoisotopic (exact) mass is 676 g/mol. The van der Waals surface area contributed by atoms with E-state index in [-0.39, 0.29) is 0 Å². The van der Waals surface area contributed by atoms with Gasteiger partial charge >= 0.3 is 0 Å². The van der Waals surface area contributed by atoms with Crippen molar-refractivity contribution in [2.24, 2.45) is 0 Å². The van der Waals surface area contributed by atoms with Crippen LogP contribution in [-0.2, 0) is 0 Å². The third-order valence-corrected chi connectivity index (χ3v) is 4.62. The van der Waals surface area contributed by atoms with E-state index < -0.39 is 0 Å². The molecule has 0 bridgehead atoms. The first kappa shape index (κ1) is 51.2. The zero-order valence-corrected chi connectivity index (χ0v) is 34.0. The molecule has 0 fully saturated rings. The topological polar surface area (TPSA) is 142 Å². The van der Waals surface area contributed by atoms with Crippen LogP contribution in [0.25, 0.3) is 0 Å². The summed E-state index contributed by atoms with van der Waals surface area (Å²) in [5, 5.41) is 0. The van der Waals surface area contributed by atoms with Gasteiger partial charge < -0.3 is 0 Å². The van der Waals surface area contributed by atoms with Gasteiger partial charge in [-0.05, 0) is 94.4 Å². The van der Waals surface area contributed by atoms with Crippen LogP contribution in [0, 0.1) is 76.2 Å². The van der Waals surface area contributed by atoms with E-state index in [1.165, 1.54) is 0 Å². The molecule has 5 rings (SSSR count). The summed E-state index contributed by atoms with van der Waals surface area (Å²) in [4.78, 5) is 43.9. The Hall–Kier alpha value is -4.67. The first-order chi connectivity index (χ1) is 23.3. The normalized spacial score (nSPS) is 8.31. The second-order valence-corrected chi connectivity index (χ2v) is 9.07. The summed E-state index contributed by atoms with van der Waals surface area (Å²) >= 11 is 0. The first-order valence-corrected chi connectivity index (χ1v) is 17.0. The highest BCUT2D eigenvalue weighted by molar-refractivity contribution is 5.03. The highest BCUT2D eigenvalue weighted by atomic mass is 15.0. The largest absolute Gasteiger partial charge is 0.261 e. The van der Waals surface area contributed by atoms with E-state index in [1.54, 1.807) is 31.1 Å². The third-order valence-electron chi connectivity index (χ3n) is 4.62. The Kier molecular flexibility index (Phi) is 36.2. The van der Waals surface area contributed by atoms with E-state index in [0.717, 1.165) is 63.3 Å². The van der Waals surface area contributed by atoms with Crippen molar-refractivity contribution in [3.8, 4) is 0 Å². The maximum atomic E-state index is 4.11. The molecular weight excluding hydrogens is 610 g/mol. The second-order valence-electron chi connectivity index (χ2n) is 9.07. The van der Waals surface area contributed by atoms with Gasteiger partial charge in [0.05, 0.1) is 11.4 Å². The molecule has 49 heavy (non-hydrogen) atoms. The molecule has 0 aliphatic carbocycles. The van der Waals surface area contributed by atoms with E-state index in [2.05, 4.69) is 54.8 Å². The smallest absolute Gasteiger partial charge is 0.129 e. The number of aryl methyl sites for hydroxylation is 11. The Labute approximate surface area is 298 Å². The Balaban J connectivity index is -0.000000245. The summed E-state index contributed by atoms with van der Waals surface area (Å²) < 4.78 is 0. The molecule has 0 saturated heterocycles. The van der Waals surface area contributed by atoms with Crippen LogP contribution >= 0.6 is 0 Å². The van der Waals surface area contributed by atoms with Crippen molar-refractivity contribution < 1.29 is 0 Å². The van der Waals surface area contributed by atoms with E-state index in [9.17, 15) is 0 Å². The minimum atomic E-state index is 0.792.